The Morgan fingerprint density at radius 1 is 1.00 bits per heavy atom. The molecule has 0 radical (unpaired) electrons. The number of ether oxygens (including phenoxy) is 1. The number of hydrogen-bond acceptors (Lipinski definition) is 7. The maximum Gasteiger partial charge on any atom is 0.138 e. The fourth-order valence-corrected chi connectivity index (χ4v) is 5.46. The summed E-state index contributed by atoms with van der Waals surface area (Å²) >= 11 is 1.68. The molecule has 0 unspecified atom stereocenters. The van der Waals surface area contributed by atoms with E-state index in [1.54, 1.807) is 17.5 Å². The highest BCUT2D eigenvalue weighted by Gasteiger charge is 2.17. The van der Waals surface area contributed by atoms with Crippen molar-refractivity contribution in [1.29, 1.82) is 0 Å². The van der Waals surface area contributed by atoms with Gasteiger partial charge in [-0.25, -0.2) is 9.97 Å². The Morgan fingerprint density at radius 3 is 2.83 bits per heavy atom. The number of piperidine rings is 1. The van der Waals surface area contributed by atoms with Gasteiger partial charge in [-0.2, -0.15) is 16.4 Å². The molecule has 1 fully saturated rings. The number of nitrogens with zero attached hydrogens (tertiary/aromatic N) is 4. The van der Waals surface area contributed by atoms with Crippen LogP contribution in [0, 0.1) is 0 Å². The number of thiophene rings is 1. The zero-order valence-electron chi connectivity index (χ0n) is 19.4. The third kappa shape index (κ3) is 3.82. The smallest absolute Gasteiger partial charge is 0.138 e. The van der Waals surface area contributed by atoms with Gasteiger partial charge in [-0.1, -0.05) is 0 Å². The van der Waals surface area contributed by atoms with Crippen LogP contribution in [0.3, 0.4) is 0 Å². The van der Waals surface area contributed by atoms with E-state index in [9.17, 15) is 0 Å². The number of nitrogens with one attached hydrogen (secondary N) is 3. The first-order valence-corrected chi connectivity index (χ1v) is 12.9. The summed E-state index contributed by atoms with van der Waals surface area (Å²) in [6, 6.07) is 12.3. The molecular weight excluding hydrogens is 470 g/mol. The van der Waals surface area contributed by atoms with Crippen molar-refractivity contribution in [2.24, 2.45) is 0 Å². The molecule has 8 nitrogen and oxygen atoms in total. The third-order valence-corrected chi connectivity index (χ3v) is 7.31. The predicted octanol–water partition coefficient (Wildman–Crippen LogP) is 5.42. The summed E-state index contributed by atoms with van der Waals surface area (Å²) in [6.07, 6.45) is 7.65. The summed E-state index contributed by atoms with van der Waals surface area (Å²) in [6.45, 7) is 1.97. The zero-order valence-corrected chi connectivity index (χ0v) is 20.2. The maximum atomic E-state index is 6.20. The molecule has 0 amide bonds. The molecule has 0 bridgehead atoms. The summed E-state index contributed by atoms with van der Waals surface area (Å²) < 4.78 is 6.20. The van der Waals surface area contributed by atoms with Gasteiger partial charge in [0.1, 0.15) is 28.7 Å². The van der Waals surface area contributed by atoms with Crippen molar-refractivity contribution in [2.45, 2.75) is 18.9 Å². The van der Waals surface area contributed by atoms with E-state index in [1.165, 1.54) is 5.56 Å². The summed E-state index contributed by atoms with van der Waals surface area (Å²) in [5.74, 6) is 0.774. The van der Waals surface area contributed by atoms with Gasteiger partial charge in [0.15, 0.2) is 0 Å². The van der Waals surface area contributed by atoms with Crippen molar-refractivity contribution >= 4 is 33.4 Å². The van der Waals surface area contributed by atoms with Crippen molar-refractivity contribution in [3.05, 3.63) is 65.7 Å². The van der Waals surface area contributed by atoms with Crippen LogP contribution in [0.2, 0.25) is 0 Å². The molecule has 0 spiro atoms. The third-order valence-electron chi connectivity index (χ3n) is 6.62. The number of fused-ring (bicyclic) bond motifs is 2. The highest BCUT2D eigenvalue weighted by molar-refractivity contribution is 7.08. The molecule has 0 atom stereocenters. The van der Waals surface area contributed by atoms with Crippen molar-refractivity contribution in [3.8, 4) is 39.5 Å². The van der Waals surface area contributed by atoms with Crippen LogP contribution in [0.5, 0.6) is 5.75 Å². The lowest BCUT2D eigenvalue weighted by Crippen LogP contribution is -2.34. The molecule has 9 heteroatoms. The molecule has 3 N–H and O–H groups in total. The van der Waals surface area contributed by atoms with Crippen molar-refractivity contribution in [3.63, 3.8) is 0 Å². The van der Waals surface area contributed by atoms with E-state index in [4.69, 9.17) is 9.72 Å². The zero-order chi connectivity index (χ0) is 23.9. The van der Waals surface area contributed by atoms with E-state index < -0.39 is 0 Å². The van der Waals surface area contributed by atoms with E-state index in [0.717, 1.165) is 82.0 Å². The molecule has 7 rings (SSSR count). The van der Waals surface area contributed by atoms with Gasteiger partial charge in [-0.3, -0.25) is 10.1 Å². The van der Waals surface area contributed by atoms with Crippen LogP contribution in [0.1, 0.15) is 12.8 Å². The molecule has 7 heterocycles. The number of hydrogen-bond donors (Lipinski definition) is 3. The first-order chi connectivity index (χ1) is 17.8. The fraction of sp³-hybridized carbons (Fsp3) is 0.185. The highest BCUT2D eigenvalue weighted by atomic mass is 32.1. The normalized spacial score (nSPS) is 14.6. The predicted molar refractivity (Wildman–Crippen MR) is 142 cm³/mol. The molecule has 6 aromatic heterocycles. The lowest BCUT2D eigenvalue weighted by atomic mass is 10.1. The Kier molecular flexibility index (Phi) is 5.22. The summed E-state index contributed by atoms with van der Waals surface area (Å²) in [5.41, 5.74) is 8.18. The van der Waals surface area contributed by atoms with Gasteiger partial charge in [0.05, 0.1) is 23.1 Å². The molecule has 1 aliphatic heterocycles. The second-order valence-electron chi connectivity index (χ2n) is 8.96. The van der Waals surface area contributed by atoms with Crippen molar-refractivity contribution < 1.29 is 4.74 Å². The van der Waals surface area contributed by atoms with E-state index in [2.05, 4.69) is 53.4 Å². The number of aromatic amines is 2. The van der Waals surface area contributed by atoms with Gasteiger partial charge in [0.25, 0.3) is 0 Å². The molecule has 178 valence electrons. The minimum absolute atomic E-state index is 0.216. The number of H-pyrrole nitrogens is 2. The van der Waals surface area contributed by atoms with Gasteiger partial charge in [-0.15, -0.1) is 0 Å². The molecule has 1 aliphatic rings. The Morgan fingerprint density at radius 2 is 1.94 bits per heavy atom. The Balaban J connectivity index is 1.26. The monoisotopic (exact) mass is 493 g/mol. The first-order valence-electron chi connectivity index (χ1n) is 12.0. The largest absolute Gasteiger partial charge is 0.489 e. The van der Waals surface area contributed by atoms with Crippen LogP contribution in [-0.2, 0) is 0 Å². The average molecular weight is 494 g/mol. The standard InChI is InChI=1S/C27H23N7OS/c1-2-23-25(31-22(1)17-11-19(14-29-13-17)35-18-3-7-28-8-4-18)26(34-33-23)24-12-21-20(16-6-10-36-15-16)5-9-30-27(21)32-24/h1-2,5-6,9-15,18,28H,3-4,7-8H2,(H,30,32)(H,33,34). The number of pyridine rings is 3. The van der Waals surface area contributed by atoms with Gasteiger partial charge >= 0.3 is 0 Å². The molecule has 1 saturated heterocycles. The second-order valence-corrected chi connectivity index (χ2v) is 9.74. The maximum absolute atomic E-state index is 6.20. The minimum atomic E-state index is 0.216. The summed E-state index contributed by atoms with van der Waals surface area (Å²) in [5, 5.41) is 16.4. The van der Waals surface area contributed by atoms with E-state index in [1.807, 2.05) is 36.7 Å². The molecule has 0 saturated carbocycles. The van der Waals surface area contributed by atoms with Crippen molar-refractivity contribution in [2.75, 3.05) is 13.1 Å². The van der Waals surface area contributed by atoms with Crippen LogP contribution < -0.4 is 10.1 Å². The van der Waals surface area contributed by atoms with Crippen LogP contribution in [-0.4, -0.2) is 49.3 Å². The van der Waals surface area contributed by atoms with Gasteiger partial charge < -0.3 is 15.0 Å². The topological polar surface area (TPSA) is 104 Å². The second kappa shape index (κ2) is 8.85. The molecule has 36 heavy (non-hydrogen) atoms. The van der Waals surface area contributed by atoms with Crippen LogP contribution in [0.15, 0.2) is 65.7 Å². The summed E-state index contributed by atoms with van der Waals surface area (Å²) in [7, 11) is 0. The Hall–Kier alpha value is -4.08. The first kappa shape index (κ1) is 21.2. The Labute approximate surface area is 210 Å². The number of aromatic nitrogens is 6. The highest BCUT2D eigenvalue weighted by Crippen LogP contribution is 2.34. The SMILES string of the molecule is c1cc(-c2ccsc2)c2cc(-c3n[nH]c4ccc(-c5cncc(OC6CCNCC6)c5)nc34)[nH]c2n1. The van der Waals surface area contributed by atoms with Crippen LogP contribution >= 0.6 is 11.3 Å². The quantitative estimate of drug-likeness (QED) is 0.296. The van der Waals surface area contributed by atoms with E-state index in [0.29, 0.717) is 0 Å². The summed E-state index contributed by atoms with van der Waals surface area (Å²) in [4.78, 5) is 17.4. The van der Waals surface area contributed by atoms with E-state index >= 15 is 0 Å². The molecular formula is C27H23N7OS. The average Bonchev–Trinajstić information content (AvgIpc) is 3.68. The molecule has 6 aromatic rings. The van der Waals surface area contributed by atoms with Crippen LogP contribution in [0.25, 0.3) is 55.8 Å². The fourth-order valence-electron chi connectivity index (χ4n) is 4.80. The Bertz CT molecular complexity index is 1660. The van der Waals surface area contributed by atoms with E-state index in [-0.39, 0.29) is 6.10 Å². The van der Waals surface area contributed by atoms with Gasteiger partial charge in [0.2, 0.25) is 0 Å². The lowest BCUT2D eigenvalue weighted by Gasteiger charge is -2.23. The van der Waals surface area contributed by atoms with Crippen LogP contribution in [0.4, 0.5) is 0 Å². The number of rotatable bonds is 5. The minimum Gasteiger partial charge on any atom is -0.489 e. The van der Waals surface area contributed by atoms with Gasteiger partial charge in [0, 0.05) is 23.3 Å². The molecule has 0 aliphatic carbocycles. The molecule has 0 aromatic carbocycles. The van der Waals surface area contributed by atoms with Crippen molar-refractivity contribution in [1.82, 2.24) is 35.5 Å². The van der Waals surface area contributed by atoms with Gasteiger partial charge in [-0.05, 0) is 84.2 Å². The lowest BCUT2D eigenvalue weighted by molar-refractivity contribution is 0.162.